The van der Waals surface area contributed by atoms with Gasteiger partial charge < -0.3 is 14.8 Å². The van der Waals surface area contributed by atoms with Gasteiger partial charge in [0.25, 0.3) is 0 Å². The van der Waals surface area contributed by atoms with Crippen LogP contribution in [0.3, 0.4) is 0 Å². The van der Waals surface area contributed by atoms with Gasteiger partial charge in [0.15, 0.2) is 0 Å². The highest BCUT2D eigenvalue weighted by Crippen LogP contribution is 2.17. The van der Waals surface area contributed by atoms with Gasteiger partial charge in [-0.3, -0.25) is 4.79 Å². The largest absolute Gasteiger partial charge is 0.462 e. The molecule has 0 aromatic heterocycles. The lowest BCUT2D eigenvalue weighted by atomic mass is 10.0. The predicted molar refractivity (Wildman–Crippen MR) is 115 cm³/mol. The molecule has 1 N–H and O–H groups in total. The van der Waals surface area contributed by atoms with Crippen molar-refractivity contribution in [3.8, 4) is 0 Å². The Bertz CT molecular complexity index is 390. The van der Waals surface area contributed by atoms with E-state index in [0.717, 1.165) is 25.7 Å². The molecule has 0 aliphatic rings. The highest BCUT2D eigenvalue weighted by atomic mass is 16.6. The molecule has 0 bridgehead atoms. The van der Waals surface area contributed by atoms with Crippen LogP contribution in [-0.4, -0.2) is 30.3 Å². The Hall–Kier alpha value is -1.26. The molecular formula is C23H45NO4. The van der Waals surface area contributed by atoms with E-state index >= 15 is 0 Å². The van der Waals surface area contributed by atoms with Crippen LogP contribution in [0.4, 0.5) is 4.79 Å². The molecule has 0 rings (SSSR count). The van der Waals surface area contributed by atoms with Crippen molar-refractivity contribution in [2.75, 3.05) is 6.54 Å². The van der Waals surface area contributed by atoms with Gasteiger partial charge in [0, 0.05) is 6.54 Å². The third-order valence-corrected chi connectivity index (χ3v) is 4.55. The fourth-order valence-corrected chi connectivity index (χ4v) is 3.04. The average molecular weight is 400 g/mol. The predicted octanol–water partition coefficient (Wildman–Crippen LogP) is 6.53. The number of ether oxygens (including phenoxy) is 2. The molecule has 0 atom stereocenters. The summed E-state index contributed by atoms with van der Waals surface area (Å²) in [5, 5.41) is 2.61. The molecule has 5 nitrogen and oxygen atoms in total. The summed E-state index contributed by atoms with van der Waals surface area (Å²) < 4.78 is 10.9. The van der Waals surface area contributed by atoms with Crippen LogP contribution in [0.25, 0.3) is 0 Å². The van der Waals surface area contributed by atoms with Crippen molar-refractivity contribution in [1.82, 2.24) is 5.32 Å². The minimum atomic E-state index is -0.536. The van der Waals surface area contributed by atoms with E-state index in [1.807, 2.05) is 20.8 Å². The van der Waals surface area contributed by atoms with Crippen molar-refractivity contribution in [3.05, 3.63) is 0 Å². The fraction of sp³-hybridized carbons (Fsp3) is 0.913. The van der Waals surface area contributed by atoms with E-state index in [0.29, 0.717) is 0 Å². The first-order valence-electron chi connectivity index (χ1n) is 11.4. The maximum absolute atomic E-state index is 12.2. The third-order valence-electron chi connectivity index (χ3n) is 4.55. The summed E-state index contributed by atoms with van der Waals surface area (Å²) in [4.78, 5) is 23.8. The standard InChI is InChI=1S/C23H45NO4/c1-6-8-10-12-14-16-20(17-15-13-11-9-7-2)27-21(25)18-19-24-22(26)28-23(3,4)5/h20H,6-19H2,1-5H3,(H,24,26). The van der Waals surface area contributed by atoms with E-state index in [1.54, 1.807) is 0 Å². The summed E-state index contributed by atoms with van der Waals surface area (Å²) in [6.45, 7) is 10.1. The van der Waals surface area contributed by atoms with Crippen molar-refractivity contribution in [1.29, 1.82) is 0 Å². The number of esters is 1. The van der Waals surface area contributed by atoms with E-state index < -0.39 is 11.7 Å². The summed E-state index contributed by atoms with van der Waals surface area (Å²) in [5.41, 5.74) is -0.536. The van der Waals surface area contributed by atoms with E-state index in [1.165, 1.54) is 51.4 Å². The van der Waals surface area contributed by atoms with E-state index in [2.05, 4.69) is 19.2 Å². The Morgan fingerprint density at radius 1 is 0.821 bits per heavy atom. The first-order chi connectivity index (χ1) is 13.3. The van der Waals surface area contributed by atoms with Crippen LogP contribution in [0.2, 0.25) is 0 Å². The normalized spacial score (nSPS) is 11.5. The number of carbonyl (C=O) groups is 2. The smallest absolute Gasteiger partial charge is 0.407 e. The maximum Gasteiger partial charge on any atom is 0.407 e. The van der Waals surface area contributed by atoms with Gasteiger partial charge in [-0.1, -0.05) is 65.2 Å². The van der Waals surface area contributed by atoms with Crippen molar-refractivity contribution < 1.29 is 19.1 Å². The summed E-state index contributed by atoms with van der Waals surface area (Å²) in [6, 6.07) is 0. The molecular weight excluding hydrogens is 354 g/mol. The Labute approximate surface area is 173 Å². The monoisotopic (exact) mass is 399 g/mol. The van der Waals surface area contributed by atoms with Crippen LogP contribution in [-0.2, 0) is 14.3 Å². The number of rotatable bonds is 16. The zero-order chi connectivity index (χ0) is 21.3. The molecule has 0 aromatic carbocycles. The molecule has 28 heavy (non-hydrogen) atoms. The van der Waals surface area contributed by atoms with Gasteiger partial charge in [0.1, 0.15) is 11.7 Å². The fourth-order valence-electron chi connectivity index (χ4n) is 3.04. The van der Waals surface area contributed by atoms with Crippen LogP contribution in [0, 0.1) is 0 Å². The first kappa shape index (κ1) is 26.7. The summed E-state index contributed by atoms with van der Waals surface area (Å²) in [6.07, 6.45) is 13.8. The van der Waals surface area contributed by atoms with Crippen LogP contribution in [0.1, 0.15) is 118 Å². The molecule has 0 unspecified atom stereocenters. The molecule has 5 heteroatoms. The van der Waals surface area contributed by atoms with E-state index in [4.69, 9.17) is 9.47 Å². The van der Waals surface area contributed by atoms with Crippen LogP contribution in [0.5, 0.6) is 0 Å². The molecule has 0 radical (unpaired) electrons. The van der Waals surface area contributed by atoms with E-state index in [-0.39, 0.29) is 25.0 Å². The number of hydrogen-bond acceptors (Lipinski definition) is 4. The van der Waals surface area contributed by atoms with Gasteiger partial charge in [0.2, 0.25) is 0 Å². The summed E-state index contributed by atoms with van der Waals surface area (Å²) in [5.74, 6) is -0.233. The first-order valence-corrected chi connectivity index (χ1v) is 11.4. The Kier molecular flexibility index (Phi) is 15.9. The number of nitrogens with one attached hydrogen (secondary N) is 1. The molecule has 0 heterocycles. The molecule has 0 saturated heterocycles. The molecule has 0 aromatic rings. The number of hydrogen-bond donors (Lipinski definition) is 1. The Morgan fingerprint density at radius 3 is 1.79 bits per heavy atom. The highest BCUT2D eigenvalue weighted by Gasteiger charge is 2.17. The minimum absolute atomic E-state index is 0.0114. The second-order valence-electron chi connectivity index (χ2n) is 8.70. The van der Waals surface area contributed by atoms with Gasteiger partial charge >= 0.3 is 12.1 Å². The Balaban J connectivity index is 4.18. The van der Waals surface area contributed by atoms with Gasteiger partial charge in [-0.25, -0.2) is 4.79 Å². The van der Waals surface area contributed by atoms with Crippen LogP contribution in [0.15, 0.2) is 0 Å². The number of unbranched alkanes of at least 4 members (excludes halogenated alkanes) is 8. The molecule has 0 spiro atoms. The van der Waals surface area contributed by atoms with Crippen LogP contribution < -0.4 is 5.32 Å². The number of alkyl carbamates (subject to hydrolysis) is 1. The summed E-state index contributed by atoms with van der Waals surface area (Å²) >= 11 is 0. The third kappa shape index (κ3) is 18.1. The zero-order valence-corrected chi connectivity index (χ0v) is 19.1. The molecule has 0 aliphatic heterocycles. The Morgan fingerprint density at radius 2 is 1.32 bits per heavy atom. The molecule has 1 amide bonds. The molecule has 166 valence electrons. The lowest BCUT2D eigenvalue weighted by Crippen LogP contribution is -2.34. The van der Waals surface area contributed by atoms with Gasteiger partial charge in [-0.2, -0.15) is 0 Å². The van der Waals surface area contributed by atoms with E-state index in [9.17, 15) is 9.59 Å². The zero-order valence-electron chi connectivity index (χ0n) is 19.1. The van der Waals surface area contributed by atoms with Gasteiger partial charge in [-0.05, 0) is 46.5 Å². The van der Waals surface area contributed by atoms with Crippen molar-refractivity contribution in [2.24, 2.45) is 0 Å². The van der Waals surface area contributed by atoms with Crippen molar-refractivity contribution >= 4 is 12.1 Å². The molecule has 0 fully saturated rings. The van der Waals surface area contributed by atoms with Crippen LogP contribution >= 0.6 is 0 Å². The van der Waals surface area contributed by atoms with Gasteiger partial charge in [0.05, 0.1) is 6.42 Å². The van der Waals surface area contributed by atoms with Crippen molar-refractivity contribution in [3.63, 3.8) is 0 Å². The quantitative estimate of drug-likeness (QED) is 0.236. The van der Waals surface area contributed by atoms with Gasteiger partial charge in [-0.15, -0.1) is 0 Å². The lowest BCUT2D eigenvalue weighted by molar-refractivity contribution is -0.149. The maximum atomic E-state index is 12.2. The number of amides is 1. The SMILES string of the molecule is CCCCCCCC(CCCCCCC)OC(=O)CCNC(=O)OC(C)(C)C. The highest BCUT2D eigenvalue weighted by molar-refractivity contribution is 5.72. The average Bonchev–Trinajstić information content (AvgIpc) is 2.59. The number of carbonyl (C=O) groups excluding carboxylic acids is 2. The van der Waals surface area contributed by atoms with Crippen molar-refractivity contribution in [2.45, 2.75) is 130 Å². The molecule has 0 saturated carbocycles. The topological polar surface area (TPSA) is 64.6 Å². The molecule has 0 aliphatic carbocycles. The summed E-state index contributed by atoms with van der Waals surface area (Å²) in [7, 11) is 0. The minimum Gasteiger partial charge on any atom is -0.462 e. The second-order valence-corrected chi connectivity index (χ2v) is 8.70. The lowest BCUT2D eigenvalue weighted by Gasteiger charge is -2.20. The second kappa shape index (κ2) is 16.7.